The summed E-state index contributed by atoms with van der Waals surface area (Å²) in [7, 11) is 0. The van der Waals surface area contributed by atoms with Gasteiger partial charge >= 0.3 is 0 Å². The van der Waals surface area contributed by atoms with Crippen LogP contribution in [-0.4, -0.2) is 43.0 Å². The van der Waals surface area contributed by atoms with E-state index in [1.165, 1.54) is 5.56 Å². The largest absolute Gasteiger partial charge is 0.376 e. The summed E-state index contributed by atoms with van der Waals surface area (Å²) < 4.78 is 5.93. The summed E-state index contributed by atoms with van der Waals surface area (Å²) in [5.41, 5.74) is 8.07. The van der Waals surface area contributed by atoms with Crippen molar-refractivity contribution in [3.05, 3.63) is 71.3 Å². The quantitative estimate of drug-likeness (QED) is 0.533. The Labute approximate surface area is 172 Å². The van der Waals surface area contributed by atoms with Crippen LogP contribution in [0, 0.1) is 5.92 Å². The van der Waals surface area contributed by atoms with E-state index in [-0.39, 0.29) is 0 Å². The molecule has 29 heavy (non-hydrogen) atoms. The second kappa shape index (κ2) is 10.6. The average Bonchev–Trinajstić information content (AvgIpc) is 3.21. The lowest BCUT2D eigenvalue weighted by Crippen LogP contribution is -2.40. The summed E-state index contributed by atoms with van der Waals surface area (Å²) in [6.07, 6.45) is 1.10. The lowest BCUT2D eigenvalue weighted by Gasteiger charge is -2.21. The van der Waals surface area contributed by atoms with Crippen LogP contribution in [0.3, 0.4) is 0 Å². The number of primary amides is 1. The van der Waals surface area contributed by atoms with Gasteiger partial charge in [-0.15, -0.1) is 0 Å². The van der Waals surface area contributed by atoms with Crippen molar-refractivity contribution in [3.63, 3.8) is 0 Å². The lowest BCUT2D eigenvalue weighted by molar-refractivity contribution is 0.0906. The number of nitrogens with two attached hydrogens (primary N) is 1. The number of hydrogen-bond donors (Lipinski definition) is 2. The molecule has 0 radical (unpaired) electrons. The molecule has 1 unspecified atom stereocenters. The third-order valence-corrected chi connectivity index (χ3v) is 5.04. The van der Waals surface area contributed by atoms with Crippen molar-refractivity contribution in [1.82, 2.24) is 10.2 Å². The molecular weight excluding hydrogens is 364 g/mol. The first-order valence-electron chi connectivity index (χ1n) is 10.2. The van der Waals surface area contributed by atoms with Crippen molar-refractivity contribution in [1.29, 1.82) is 0 Å². The van der Waals surface area contributed by atoms with Gasteiger partial charge in [0, 0.05) is 31.1 Å². The second-order valence-electron chi connectivity index (χ2n) is 7.33. The lowest BCUT2D eigenvalue weighted by atomic mass is 10.1. The van der Waals surface area contributed by atoms with Gasteiger partial charge in [-0.3, -0.25) is 4.79 Å². The van der Waals surface area contributed by atoms with Gasteiger partial charge < -0.3 is 20.7 Å². The van der Waals surface area contributed by atoms with Gasteiger partial charge in [0.15, 0.2) is 5.96 Å². The van der Waals surface area contributed by atoms with Gasteiger partial charge in [0.05, 0.1) is 19.8 Å². The molecule has 1 aliphatic heterocycles. The molecule has 0 saturated carbocycles. The van der Waals surface area contributed by atoms with Gasteiger partial charge in [-0.1, -0.05) is 42.5 Å². The minimum Gasteiger partial charge on any atom is -0.376 e. The molecule has 1 saturated heterocycles. The predicted octanol–water partition coefficient (Wildman–Crippen LogP) is 2.79. The van der Waals surface area contributed by atoms with Crippen molar-refractivity contribution in [2.75, 3.05) is 26.2 Å². The van der Waals surface area contributed by atoms with Crippen molar-refractivity contribution in [2.45, 2.75) is 26.5 Å². The molecular formula is C23H30N4O2. The maximum atomic E-state index is 11.2. The zero-order chi connectivity index (χ0) is 20.5. The highest BCUT2D eigenvalue weighted by molar-refractivity contribution is 5.92. The molecule has 1 heterocycles. The van der Waals surface area contributed by atoms with Crippen LogP contribution in [0.25, 0.3) is 0 Å². The Kier molecular flexibility index (Phi) is 7.64. The third kappa shape index (κ3) is 6.32. The number of nitrogens with one attached hydrogen (secondary N) is 1. The number of hydrogen-bond acceptors (Lipinski definition) is 3. The monoisotopic (exact) mass is 394 g/mol. The third-order valence-electron chi connectivity index (χ3n) is 5.04. The van der Waals surface area contributed by atoms with Crippen LogP contribution < -0.4 is 11.1 Å². The predicted molar refractivity (Wildman–Crippen MR) is 116 cm³/mol. The second-order valence-corrected chi connectivity index (χ2v) is 7.33. The van der Waals surface area contributed by atoms with Gasteiger partial charge in [0.1, 0.15) is 0 Å². The normalized spacial score (nSPS) is 16.8. The summed E-state index contributed by atoms with van der Waals surface area (Å²) in [6.45, 7) is 6.81. The topological polar surface area (TPSA) is 79.9 Å². The number of carbonyl (C=O) groups excluding carboxylic acids is 1. The van der Waals surface area contributed by atoms with Crippen LogP contribution in [0.2, 0.25) is 0 Å². The summed E-state index contributed by atoms with van der Waals surface area (Å²) in [5, 5.41) is 3.39. The van der Waals surface area contributed by atoms with E-state index < -0.39 is 5.91 Å². The Morgan fingerprint density at radius 2 is 1.93 bits per heavy atom. The Morgan fingerprint density at radius 1 is 1.17 bits per heavy atom. The number of likely N-dealkylation sites (tertiary alicyclic amines) is 1. The Hall–Kier alpha value is -2.86. The van der Waals surface area contributed by atoms with Gasteiger partial charge in [0.2, 0.25) is 5.91 Å². The van der Waals surface area contributed by atoms with Crippen molar-refractivity contribution in [3.8, 4) is 0 Å². The molecule has 0 aromatic heterocycles. The number of guanidine groups is 1. The number of benzene rings is 2. The fraction of sp³-hybridized carbons (Fsp3) is 0.391. The maximum absolute atomic E-state index is 11.2. The fourth-order valence-electron chi connectivity index (χ4n) is 3.45. The van der Waals surface area contributed by atoms with Crippen LogP contribution >= 0.6 is 0 Å². The summed E-state index contributed by atoms with van der Waals surface area (Å²) >= 11 is 0. The molecule has 3 N–H and O–H groups in total. The van der Waals surface area contributed by atoms with Gasteiger partial charge in [-0.25, -0.2) is 4.99 Å². The molecule has 1 fully saturated rings. The van der Waals surface area contributed by atoms with E-state index in [9.17, 15) is 4.79 Å². The molecule has 0 bridgehead atoms. The molecule has 6 nitrogen and oxygen atoms in total. The molecule has 1 aliphatic rings. The van der Waals surface area contributed by atoms with E-state index in [1.807, 2.05) is 30.3 Å². The number of nitrogens with zero attached hydrogens (tertiary/aromatic N) is 2. The molecule has 1 atom stereocenters. The summed E-state index contributed by atoms with van der Waals surface area (Å²) in [5.74, 6) is 1.03. The van der Waals surface area contributed by atoms with Crippen LogP contribution in [0.15, 0.2) is 59.6 Å². The zero-order valence-corrected chi connectivity index (χ0v) is 17.0. The number of ether oxygens (including phenoxy) is 1. The molecule has 2 aromatic carbocycles. The van der Waals surface area contributed by atoms with E-state index in [1.54, 1.807) is 12.1 Å². The fourth-order valence-corrected chi connectivity index (χ4v) is 3.45. The first kappa shape index (κ1) is 20.9. The number of carbonyl (C=O) groups is 1. The van der Waals surface area contributed by atoms with Crippen molar-refractivity contribution in [2.24, 2.45) is 16.6 Å². The highest BCUT2D eigenvalue weighted by atomic mass is 16.5. The molecule has 154 valence electrons. The highest BCUT2D eigenvalue weighted by Crippen LogP contribution is 2.18. The number of aliphatic imine (C=N–C) groups is 1. The zero-order valence-electron chi connectivity index (χ0n) is 17.0. The van der Waals surface area contributed by atoms with E-state index in [4.69, 9.17) is 15.5 Å². The average molecular weight is 395 g/mol. The van der Waals surface area contributed by atoms with E-state index in [2.05, 4.69) is 29.3 Å². The molecule has 0 spiro atoms. The first-order chi connectivity index (χ1) is 14.2. The number of rotatable bonds is 8. The van der Waals surface area contributed by atoms with E-state index >= 15 is 0 Å². The SMILES string of the molecule is CCNC(=NCc1ccc(C(N)=O)cc1)N1CCC(COCc2ccccc2)C1. The van der Waals surface area contributed by atoms with Gasteiger partial charge in [-0.2, -0.15) is 0 Å². The van der Waals surface area contributed by atoms with Crippen LogP contribution in [-0.2, 0) is 17.9 Å². The van der Waals surface area contributed by atoms with Gasteiger partial charge in [-0.05, 0) is 36.6 Å². The standard InChI is InChI=1S/C23H30N4O2/c1-2-25-23(26-14-18-8-10-21(11-9-18)22(24)28)27-13-12-20(15-27)17-29-16-19-6-4-3-5-7-19/h3-11,20H,2,12-17H2,1H3,(H2,24,28)(H,25,26). The minimum atomic E-state index is -0.411. The van der Waals surface area contributed by atoms with Crippen LogP contribution in [0.4, 0.5) is 0 Å². The van der Waals surface area contributed by atoms with E-state index in [0.29, 0.717) is 24.6 Å². The Balaban J connectivity index is 1.51. The summed E-state index contributed by atoms with van der Waals surface area (Å²) in [6, 6.07) is 17.6. The molecule has 3 rings (SSSR count). The Morgan fingerprint density at radius 3 is 2.62 bits per heavy atom. The Bertz CT molecular complexity index is 805. The van der Waals surface area contributed by atoms with Gasteiger partial charge in [0.25, 0.3) is 0 Å². The van der Waals surface area contributed by atoms with E-state index in [0.717, 1.165) is 44.2 Å². The van der Waals surface area contributed by atoms with Crippen LogP contribution in [0.1, 0.15) is 34.8 Å². The van der Waals surface area contributed by atoms with Crippen molar-refractivity contribution >= 4 is 11.9 Å². The molecule has 2 aromatic rings. The van der Waals surface area contributed by atoms with Crippen LogP contribution in [0.5, 0.6) is 0 Å². The number of amides is 1. The molecule has 6 heteroatoms. The first-order valence-corrected chi connectivity index (χ1v) is 10.2. The highest BCUT2D eigenvalue weighted by Gasteiger charge is 2.25. The smallest absolute Gasteiger partial charge is 0.248 e. The minimum absolute atomic E-state index is 0.411. The maximum Gasteiger partial charge on any atom is 0.248 e. The summed E-state index contributed by atoms with van der Waals surface area (Å²) in [4.78, 5) is 18.3. The van der Waals surface area contributed by atoms with Crippen molar-refractivity contribution < 1.29 is 9.53 Å². The molecule has 0 aliphatic carbocycles. The molecule has 1 amide bonds.